The third kappa shape index (κ3) is 4.38. The van der Waals surface area contributed by atoms with Gasteiger partial charge in [0.25, 0.3) is 0 Å². The number of rotatable bonds is 5. The summed E-state index contributed by atoms with van der Waals surface area (Å²) in [6.07, 6.45) is 1.94. The first kappa shape index (κ1) is 16.6. The predicted molar refractivity (Wildman–Crippen MR) is 94.7 cm³/mol. The smallest absolute Gasteiger partial charge is 0.321 e. The van der Waals surface area contributed by atoms with Crippen molar-refractivity contribution >= 4 is 39.2 Å². The van der Waals surface area contributed by atoms with Gasteiger partial charge in [0, 0.05) is 24.3 Å². The Labute approximate surface area is 148 Å². The van der Waals surface area contributed by atoms with Crippen LogP contribution in [0.5, 0.6) is 0 Å². The summed E-state index contributed by atoms with van der Waals surface area (Å²) >= 11 is 3.23. The molecule has 24 heavy (non-hydrogen) atoms. The van der Waals surface area contributed by atoms with Gasteiger partial charge in [0.1, 0.15) is 5.76 Å². The van der Waals surface area contributed by atoms with E-state index in [1.165, 1.54) is 4.90 Å². The molecule has 1 aliphatic rings. The molecule has 126 valence electrons. The van der Waals surface area contributed by atoms with Crippen LogP contribution in [0.3, 0.4) is 0 Å². The number of nitrogens with zero attached hydrogens (tertiary/aromatic N) is 1. The molecular formula is C17H18BrN3O3. The molecule has 0 spiro atoms. The van der Waals surface area contributed by atoms with E-state index in [-0.39, 0.29) is 17.9 Å². The third-order valence-corrected chi connectivity index (χ3v) is 4.15. The highest BCUT2D eigenvalue weighted by Gasteiger charge is 2.29. The summed E-state index contributed by atoms with van der Waals surface area (Å²) in [5, 5.41) is 5.67. The monoisotopic (exact) mass is 391 g/mol. The number of amides is 3. The first-order valence-electron chi connectivity index (χ1n) is 7.68. The van der Waals surface area contributed by atoms with E-state index in [4.69, 9.17) is 4.42 Å². The fourth-order valence-electron chi connectivity index (χ4n) is 2.19. The molecule has 0 radical (unpaired) electrons. The average molecular weight is 392 g/mol. The molecule has 1 aromatic heterocycles. The summed E-state index contributed by atoms with van der Waals surface area (Å²) in [5.41, 5.74) is 1.40. The molecule has 2 N–H and O–H groups in total. The first-order chi connectivity index (χ1) is 11.5. The lowest BCUT2D eigenvalue weighted by Gasteiger charge is -2.17. The Morgan fingerprint density at radius 3 is 2.29 bits per heavy atom. The van der Waals surface area contributed by atoms with E-state index in [0.717, 1.165) is 18.5 Å². The Balaban J connectivity index is 1.52. The van der Waals surface area contributed by atoms with E-state index in [1.807, 2.05) is 6.07 Å². The average Bonchev–Trinajstić information content (AvgIpc) is 3.33. The van der Waals surface area contributed by atoms with E-state index < -0.39 is 0 Å². The summed E-state index contributed by atoms with van der Waals surface area (Å²) in [5.74, 6) is 0.924. The lowest BCUT2D eigenvalue weighted by Crippen LogP contribution is -2.30. The first-order valence-corrected chi connectivity index (χ1v) is 8.48. The van der Waals surface area contributed by atoms with Crippen LogP contribution < -0.4 is 10.6 Å². The summed E-state index contributed by atoms with van der Waals surface area (Å²) in [6.45, 7) is 0.368. The molecule has 1 saturated carbocycles. The van der Waals surface area contributed by atoms with Crippen LogP contribution in [0.1, 0.15) is 18.6 Å². The number of hydrogen-bond acceptors (Lipinski definition) is 3. The highest BCUT2D eigenvalue weighted by molar-refractivity contribution is 9.10. The number of anilines is 2. The summed E-state index contributed by atoms with van der Waals surface area (Å²) in [6, 6.07) is 10.4. The Morgan fingerprint density at radius 1 is 1.12 bits per heavy atom. The highest BCUT2D eigenvalue weighted by Crippen LogP contribution is 2.30. The topological polar surface area (TPSA) is 74.6 Å². The van der Waals surface area contributed by atoms with E-state index in [9.17, 15) is 9.59 Å². The molecule has 7 heteroatoms. The second kappa shape index (κ2) is 7.09. The van der Waals surface area contributed by atoms with Crippen molar-refractivity contribution in [2.45, 2.75) is 19.4 Å². The van der Waals surface area contributed by atoms with Gasteiger partial charge in [-0.3, -0.25) is 4.79 Å². The summed E-state index contributed by atoms with van der Waals surface area (Å²) in [4.78, 5) is 25.4. The van der Waals surface area contributed by atoms with Gasteiger partial charge in [0.2, 0.25) is 5.91 Å². The van der Waals surface area contributed by atoms with Crippen LogP contribution in [-0.2, 0) is 11.3 Å². The molecule has 1 fully saturated rings. The zero-order valence-electron chi connectivity index (χ0n) is 13.2. The Morgan fingerprint density at radius 2 is 1.75 bits per heavy atom. The minimum atomic E-state index is -0.239. The van der Waals surface area contributed by atoms with Crippen molar-refractivity contribution in [2.24, 2.45) is 5.92 Å². The number of hydrogen-bond donors (Lipinski definition) is 2. The second-order valence-electron chi connectivity index (χ2n) is 5.83. The van der Waals surface area contributed by atoms with Gasteiger partial charge in [-0.25, -0.2) is 4.79 Å². The van der Waals surface area contributed by atoms with Crippen LogP contribution in [0.15, 0.2) is 45.5 Å². The van der Waals surface area contributed by atoms with Gasteiger partial charge < -0.3 is 20.0 Å². The van der Waals surface area contributed by atoms with Crippen molar-refractivity contribution in [3.05, 3.63) is 46.8 Å². The Hall–Kier alpha value is -2.28. The van der Waals surface area contributed by atoms with Crippen LogP contribution in [0.2, 0.25) is 0 Å². The number of nitrogens with one attached hydrogen (secondary N) is 2. The molecular weight excluding hydrogens is 374 g/mol. The molecule has 3 amide bonds. The number of carbonyl (C=O) groups is 2. The minimum absolute atomic E-state index is 0.0659. The van der Waals surface area contributed by atoms with Gasteiger partial charge in [-0.1, -0.05) is 0 Å². The van der Waals surface area contributed by atoms with Crippen LogP contribution in [0.25, 0.3) is 0 Å². The molecule has 0 unspecified atom stereocenters. The zero-order chi connectivity index (χ0) is 17.1. The van der Waals surface area contributed by atoms with Crippen LogP contribution in [-0.4, -0.2) is 23.9 Å². The number of halogens is 1. The number of carbonyl (C=O) groups excluding carboxylic acids is 2. The fourth-order valence-corrected chi connectivity index (χ4v) is 2.53. The van der Waals surface area contributed by atoms with Gasteiger partial charge in [0.05, 0.1) is 6.54 Å². The molecule has 6 nitrogen and oxygen atoms in total. The molecule has 1 aliphatic carbocycles. The number of benzene rings is 1. The van der Waals surface area contributed by atoms with Crippen molar-refractivity contribution < 1.29 is 14.0 Å². The van der Waals surface area contributed by atoms with E-state index in [1.54, 1.807) is 37.4 Å². The lowest BCUT2D eigenvalue weighted by atomic mass is 10.2. The SMILES string of the molecule is CN(Cc1ccc(Br)o1)C(=O)Nc1ccc(NC(=O)C2CC2)cc1. The van der Waals surface area contributed by atoms with Gasteiger partial charge >= 0.3 is 6.03 Å². The molecule has 0 saturated heterocycles. The van der Waals surface area contributed by atoms with Crippen LogP contribution in [0, 0.1) is 5.92 Å². The predicted octanol–water partition coefficient (Wildman–Crippen LogP) is 4.05. The normalized spacial score (nSPS) is 13.4. The maximum atomic E-state index is 12.2. The molecule has 0 bridgehead atoms. The van der Waals surface area contributed by atoms with Crippen LogP contribution >= 0.6 is 15.9 Å². The van der Waals surface area contributed by atoms with Crippen molar-refractivity contribution in [1.29, 1.82) is 0 Å². The standard InChI is InChI=1S/C17H18BrN3O3/c1-21(10-14-8-9-15(18)24-14)17(23)20-13-6-4-12(5-7-13)19-16(22)11-2-3-11/h4-9,11H,2-3,10H2,1H3,(H,19,22)(H,20,23). The Kier molecular flexibility index (Phi) is 4.89. The molecule has 0 aliphatic heterocycles. The molecule has 2 aromatic rings. The van der Waals surface area contributed by atoms with Gasteiger partial charge in [-0.2, -0.15) is 0 Å². The fraction of sp³-hybridized carbons (Fsp3) is 0.294. The largest absolute Gasteiger partial charge is 0.452 e. The molecule has 1 heterocycles. The van der Waals surface area contributed by atoms with Gasteiger partial charge in [-0.15, -0.1) is 0 Å². The van der Waals surface area contributed by atoms with Crippen molar-refractivity contribution in [1.82, 2.24) is 4.90 Å². The van der Waals surface area contributed by atoms with Gasteiger partial charge in [-0.05, 0) is 65.2 Å². The quantitative estimate of drug-likeness (QED) is 0.806. The molecule has 3 rings (SSSR count). The summed E-state index contributed by atoms with van der Waals surface area (Å²) in [7, 11) is 1.69. The Bertz CT molecular complexity index is 738. The maximum absolute atomic E-state index is 12.2. The zero-order valence-corrected chi connectivity index (χ0v) is 14.8. The maximum Gasteiger partial charge on any atom is 0.321 e. The van der Waals surface area contributed by atoms with E-state index in [2.05, 4.69) is 26.6 Å². The minimum Gasteiger partial charge on any atom is -0.452 e. The van der Waals surface area contributed by atoms with Crippen molar-refractivity contribution in [3.63, 3.8) is 0 Å². The van der Waals surface area contributed by atoms with Crippen molar-refractivity contribution in [3.8, 4) is 0 Å². The summed E-state index contributed by atoms with van der Waals surface area (Å²) < 4.78 is 6.02. The number of urea groups is 1. The van der Waals surface area contributed by atoms with E-state index in [0.29, 0.717) is 22.7 Å². The highest BCUT2D eigenvalue weighted by atomic mass is 79.9. The number of furan rings is 1. The molecule has 1 aromatic carbocycles. The molecule has 0 atom stereocenters. The van der Waals surface area contributed by atoms with Gasteiger partial charge in [0.15, 0.2) is 4.67 Å². The third-order valence-electron chi connectivity index (χ3n) is 3.72. The lowest BCUT2D eigenvalue weighted by molar-refractivity contribution is -0.117. The van der Waals surface area contributed by atoms with Crippen LogP contribution in [0.4, 0.5) is 16.2 Å². The van der Waals surface area contributed by atoms with E-state index >= 15 is 0 Å². The van der Waals surface area contributed by atoms with Crippen molar-refractivity contribution in [2.75, 3.05) is 17.7 Å². The second-order valence-corrected chi connectivity index (χ2v) is 6.61.